The van der Waals surface area contributed by atoms with Gasteiger partial charge in [-0.3, -0.25) is 4.79 Å². The number of hydrogen-bond acceptors (Lipinski definition) is 4. The predicted octanol–water partition coefficient (Wildman–Crippen LogP) is 5.85. The Kier molecular flexibility index (Phi) is 5.88. The summed E-state index contributed by atoms with van der Waals surface area (Å²) in [5, 5.41) is 3.92. The van der Waals surface area contributed by atoms with E-state index in [2.05, 4.69) is 10.3 Å². The van der Waals surface area contributed by atoms with Crippen LogP contribution in [0.15, 0.2) is 48.5 Å². The van der Waals surface area contributed by atoms with Crippen molar-refractivity contribution in [3.63, 3.8) is 0 Å². The van der Waals surface area contributed by atoms with Crippen molar-refractivity contribution in [1.82, 2.24) is 10.3 Å². The molecule has 1 N–H and O–H groups in total. The maximum atomic E-state index is 11.3. The maximum absolute atomic E-state index is 11.3. The standard InChI is InChI=1S/C25H28N2O3/c1-16-14-22(29-21-6-4-5-7-21)10-12-24(16)30-25-13-9-20-15-19(8-11-23(20)27-25)17(2)26-18(3)28/h8-15,17,21H,4-7H2,1-3H3,(H,26,28). The highest BCUT2D eigenvalue weighted by molar-refractivity contribution is 5.80. The third-order valence-corrected chi connectivity index (χ3v) is 5.57. The van der Waals surface area contributed by atoms with Crippen LogP contribution in [0.4, 0.5) is 0 Å². The SMILES string of the molecule is CC(=O)NC(C)c1ccc2nc(Oc3ccc(OC4CCCC4)cc3C)ccc2c1. The first-order chi connectivity index (χ1) is 14.5. The van der Waals surface area contributed by atoms with Crippen LogP contribution >= 0.6 is 0 Å². The summed E-state index contributed by atoms with van der Waals surface area (Å²) in [6, 6.07) is 15.8. The molecule has 3 aromatic rings. The highest BCUT2D eigenvalue weighted by Crippen LogP contribution is 2.31. The number of rotatable bonds is 6. The van der Waals surface area contributed by atoms with Crippen LogP contribution in [0.25, 0.3) is 10.9 Å². The summed E-state index contributed by atoms with van der Waals surface area (Å²) < 4.78 is 12.1. The number of pyridine rings is 1. The third-order valence-electron chi connectivity index (χ3n) is 5.57. The Balaban J connectivity index is 1.48. The predicted molar refractivity (Wildman–Crippen MR) is 118 cm³/mol. The van der Waals surface area contributed by atoms with E-state index in [-0.39, 0.29) is 11.9 Å². The fourth-order valence-electron chi connectivity index (χ4n) is 3.96. The second-order valence-electron chi connectivity index (χ2n) is 8.08. The Labute approximate surface area is 177 Å². The van der Waals surface area contributed by atoms with Gasteiger partial charge in [-0.2, -0.15) is 0 Å². The van der Waals surface area contributed by atoms with Crippen LogP contribution in [0.5, 0.6) is 17.4 Å². The van der Waals surface area contributed by atoms with Crippen molar-refractivity contribution in [2.24, 2.45) is 0 Å². The topological polar surface area (TPSA) is 60.5 Å². The molecule has 1 atom stereocenters. The lowest BCUT2D eigenvalue weighted by Crippen LogP contribution is -2.23. The molecule has 5 heteroatoms. The number of hydrogen-bond donors (Lipinski definition) is 1. The molecular formula is C25H28N2O3. The second-order valence-corrected chi connectivity index (χ2v) is 8.08. The number of nitrogens with one attached hydrogen (secondary N) is 1. The number of nitrogens with zero attached hydrogens (tertiary/aromatic N) is 1. The fraction of sp³-hybridized carbons (Fsp3) is 0.360. The average Bonchev–Trinajstić information content (AvgIpc) is 3.22. The molecule has 156 valence electrons. The molecule has 0 aliphatic heterocycles. The van der Waals surface area contributed by atoms with Crippen molar-refractivity contribution < 1.29 is 14.3 Å². The Morgan fingerprint density at radius 1 is 1.10 bits per heavy atom. The summed E-state index contributed by atoms with van der Waals surface area (Å²) >= 11 is 0. The van der Waals surface area contributed by atoms with E-state index in [4.69, 9.17) is 9.47 Å². The minimum atomic E-state index is -0.0459. The number of aryl methyl sites for hydroxylation is 1. The van der Waals surface area contributed by atoms with Gasteiger partial charge in [-0.05, 0) is 87.1 Å². The lowest BCUT2D eigenvalue weighted by molar-refractivity contribution is -0.119. The molecule has 0 radical (unpaired) electrons. The smallest absolute Gasteiger partial charge is 0.219 e. The highest BCUT2D eigenvalue weighted by Gasteiger charge is 2.17. The molecule has 1 aliphatic rings. The molecule has 1 saturated carbocycles. The number of benzene rings is 2. The zero-order chi connectivity index (χ0) is 21.1. The molecular weight excluding hydrogens is 376 g/mol. The third kappa shape index (κ3) is 4.73. The summed E-state index contributed by atoms with van der Waals surface area (Å²) in [6.07, 6.45) is 5.14. The molecule has 30 heavy (non-hydrogen) atoms. The van der Waals surface area contributed by atoms with Gasteiger partial charge < -0.3 is 14.8 Å². The molecule has 5 nitrogen and oxygen atoms in total. The first-order valence-electron chi connectivity index (χ1n) is 10.6. The van der Waals surface area contributed by atoms with Crippen molar-refractivity contribution in [3.05, 3.63) is 59.7 Å². The molecule has 1 fully saturated rings. The molecule has 0 saturated heterocycles. The van der Waals surface area contributed by atoms with Gasteiger partial charge in [0.2, 0.25) is 11.8 Å². The molecule has 1 heterocycles. The number of ether oxygens (including phenoxy) is 2. The summed E-state index contributed by atoms with van der Waals surface area (Å²) in [4.78, 5) is 15.9. The lowest BCUT2D eigenvalue weighted by atomic mass is 10.1. The number of aromatic nitrogens is 1. The van der Waals surface area contributed by atoms with E-state index in [0.717, 1.165) is 46.4 Å². The van der Waals surface area contributed by atoms with E-state index in [1.807, 2.05) is 62.4 Å². The van der Waals surface area contributed by atoms with Gasteiger partial charge in [0.1, 0.15) is 11.5 Å². The van der Waals surface area contributed by atoms with Crippen LogP contribution in [-0.2, 0) is 4.79 Å². The first kappa shape index (κ1) is 20.2. The van der Waals surface area contributed by atoms with Crippen LogP contribution in [0.3, 0.4) is 0 Å². The Morgan fingerprint density at radius 3 is 2.63 bits per heavy atom. The summed E-state index contributed by atoms with van der Waals surface area (Å²) in [7, 11) is 0. The fourth-order valence-corrected chi connectivity index (χ4v) is 3.96. The normalized spacial score (nSPS) is 15.2. The number of carbonyl (C=O) groups is 1. The van der Waals surface area contributed by atoms with Gasteiger partial charge in [-0.15, -0.1) is 0 Å². The molecule has 2 aromatic carbocycles. The molecule has 0 spiro atoms. The lowest BCUT2D eigenvalue weighted by Gasteiger charge is -2.15. The Hall–Kier alpha value is -3.08. The van der Waals surface area contributed by atoms with Crippen molar-refractivity contribution in [2.75, 3.05) is 0 Å². The number of carbonyl (C=O) groups excluding carboxylic acids is 1. The molecule has 1 amide bonds. The van der Waals surface area contributed by atoms with E-state index in [0.29, 0.717) is 12.0 Å². The maximum Gasteiger partial charge on any atom is 0.219 e. The Bertz CT molecular complexity index is 1060. The molecule has 4 rings (SSSR count). The van der Waals surface area contributed by atoms with E-state index in [1.165, 1.54) is 19.8 Å². The van der Waals surface area contributed by atoms with Gasteiger partial charge in [0.25, 0.3) is 0 Å². The van der Waals surface area contributed by atoms with E-state index in [1.54, 1.807) is 0 Å². The van der Waals surface area contributed by atoms with E-state index in [9.17, 15) is 4.79 Å². The van der Waals surface area contributed by atoms with E-state index >= 15 is 0 Å². The van der Waals surface area contributed by atoms with Crippen LogP contribution < -0.4 is 14.8 Å². The summed E-state index contributed by atoms with van der Waals surface area (Å²) in [6.45, 7) is 5.52. The molecule has 1 aliphatic carbocycles. The van der Waals surface area contributed by atoms with Crippen molar-refractivity contribution in [1.29, 1.82) is 0 Å². The van der Waals surface area contributed by atoms with Gasteiger partial charge in [-0.1, -0.05) is 6.07 Å². The van der Waals surface area contributed by atoms with Gasteiger partial charge in [0.15, 0.2) is 0 Å². The van der Waals surface area contributed by atoms with Gasteiger partial charge in [-0.25, -0.2) is 4.98 Å². The largest absolute Gasteiger partial charge is 0.490 e. The van der Waals surface area contributed by atoms with Crippen molar-refractivity contribution in [3.8, 4) is 17.4 Å². The quantitative estimate of drug-likeness (QED) is 0.559. The molecule has 0 bridgehead atoms. The Morgan fingerprint density at radius 2 is 1.90 bits per heavy atom. The number of fused-ring (bicyclic) bond motifs is 1. The monoisotopic (exact) mass is 404 g/mol. The van der Waals surface area contributed by atoms with Crippen LogP contribution in [0.1, 0.15) is 56.7 Å². The minimum absolute atomic E-state index is 0.0421. The van der Waals surface area contributed by atoms with Gasteiger partial charge in [0, 0.05) is 18.4 Å². The molecule has 1 aromatic heterocycles. The zero-order valence-corrected chi connectivity index (χ0v) is 17.8. The summed E-state index contributed by atoms with van der Waals surface area (Å²) in [5.41, 5.74) is 2.92. The number of amides is 1. The van der Waals surface area contributed by atoms with Crippen LogP contribution in [-0.4, -0.2) is 17.0 Å². The molecule has 1 unspecified atom stereocenters. The van der Waals surface area contributed by atoms with E-state index < -0.39 is 0 Å². The second kappa shape index (κ2) is 8.74. The summed E-state index contributed by atoms with van der Waals surface area (Å²) in [5.74, 6) is 2.19. The minimum Gasteiger partial charge on any atom is -0.490 e. The van der Waals surface area contributed by atoms with Crippen LogP contribution in [0, 0.1) is 6.92 Å². The van der Waals surface area contributed by atoms with Crippen molar-refractivity contribution in [2.45, 2.75) is 58.6 Å². The van der Waals surface area contributed by atoms with Crippen LogP contribution in [0.2, 0.25) is 0 Å². The van der Waals surface area contributed by atoms with Gasteiger partial charge in [0.05, 0.1) is 17.7 Å². The zero-order valence-electron chi connectivity index (χ0n) is 17.8. The first-order valence-corrected chi connectivity index (χ1v) is 10.6. The van der Waals surface area contributed by atoms with Gasteiger partial charge >= 0.3 is 0 Å². The van der Waals surface area contributed by atoms with Crippen molar-refractivity contribution >= 4 is 16.8 Å². The average molecular weight is 405 g/mol. The highest BCUT2D eigenvalue weighted by atomic mass is 16.5.